The SMILES string of the molecule is C[C@]12CC[C@H](O)CC1=CC[C@@H]1[C@@H]2CC[C@]2(C)C(c3ccnn3-c3ccccc3)[C@H](O)C[C@@H]12. The fraction of sp³-hybridized carbons (Fsp3) is 0.607. The first-order valence-electron chi connectivity index (χ1n) is 12.6. The van der Waals surface area contributed by atoms with Crippen molar-refractivity contribution in [3.8, 4) is 5.69 Å². The minimum atomic E-state index is -0.325. The van der Waals surface area contributed by atoms with E-state index in [1.54, 1.807) is 0 Å². The van der Waals surface area contributed by atoms with E-state index in [4.69, 9.17) is 0 Å². The number of para-hydroxylation sites is 1. The topological polar surface area (TPSA) is 58.3 Å². The third kappa shape index (κ3) is 2.85. The summed E-state index contributed by atoms with van der Waals surface area (Å²) in [6.07, 6.45) is 11.2. The van der Waals surface area contributed by atoms with E-state index in [1.807, 2.05) is 12.3 Å². The average molecular weight is 433 g/mol. The Morgan fingerprint density at radius 3 is 2.62 bits per heavy atom. The van der Waals surface area contributed by atoms with Crippen molar-refractivity contribution >= 4 is 0 Å². The Morgan fingerprint density at radius 1 is 1.00 bits per heavy atom. The lowest BCUT2D eigenvalue weighted by Gasteiger charge is -2.57. The molecule has 1 aromatic carbocycles. The maximum Gasteiger partial charge on any atom is 0.0648 e. The van der Waals surface area contributed by atoms with Crippen molar-refractivity contribution in [1.82, 2.24) is 9.78 Å². The predicted molar refractivity (Wildman–Crippen MR) is 125 cm³/mol. The van der Waals surface area contributed by atoms with E-state index in [-0.39, 0.29) is 29.0 Å². The Bertz CT molecular complexity index is 1030. The Hall–Kier alpha value is -1.91. The van der Waals surface area contributed by atoms with Gasteiger partial charge < -0.3 is 10.2 Å². The molecule has 4 aliphatic carbocycles. The molecule has 3 saturated carbocycles. The molecule has 0 aliphatic heterocycles. The molecule has 1 heterocycles. The third-order valence-corrected chi connectivity index (χ3v) is 10.1. The van der Waals surface area contributed by atoms with Gasteiger partial charge >= 0.3 is 0 Å². The highest BCUT2D eigenvalue weighted by Gasteiger charge is 2.61. The molecule has 1 aromatic heterocycles. The Kier molecular flexibility index (Phi) is 4.71. The van der Waals surface area contributed by atoms with Gasteiger partial charge in [0.25, 0.3) is 0 Å². The van der Waals surface area contributed by atoms with Gasteiger partial charge in [0.05, 0.1) is 23.6 Å². The molecular weight excluding hydrogens is 396 g/mol. The fourth-order valence-electron chi connectivity index (χ4n) is 8.52. The highest BCUT2D eigenvalue weighted by molar-refractivity contribution is 5.35. The molecule has 4 aliphatic rings. The maximum absolute atomic E-state index is 11.5. The van der Waals surface area contributed by atoms with Crippen LogP contribution < -0.4 is 0 Å². The molecule has 0 spiro atoms. The quantitative estimate of drug-likeness (QED) is 0.637. The largest absolute Gasteiger partial charge is 0.393 e. The van der Waals surface area contributed by atoms with Crippen LogP contribution in [0.25, 0.3) is 5.69 Å². The molecule has 170 valence electrons. The lowest BCUT2D eigenvalue weighted by Crippen LogP contribution is -2.50. The van der Waals surface area contributed by atoms with Crippen LogP contribution in [0.3, 0.4) is 0 Å². The van der Waals surface area contributed by atoms with Crippen molar-refractivity contribution in [1.29, 1.82) is 0 Å². The van der Waals surface area contributed by atoms with Gasteiger partial charge in [-0.2, -0.15) is 5.10 Å². The van der Waals surface area contributed by atoms with Crippen molar-refractivity contribution in [2.45, 2.75) is 76.9 Å². The standard InChI is InChI=1S/C28H36N2O2/c1-27-13-10-20(31)16-18(27)8-9-21-22(27)11-14-28(2)23(21)17-25(32)26(28)24-12-15-29-30(24)19-6-4-3-5-7-19/h3-8,12,15,20-23,25-26,31-32H,9-11,13-14,16-17H2,1-2H3/t20-,21+,22-,23-,25+,26?,27-,28-/m0/s1. The molecule has 32 heavy (non-hydrogen) atoms. The molecule has 0 saturated heterocycles. The molecule has 2 aromatic rings. The monoisotopic (exact) mass is 432 g/mol. The molecule has 4 nitrogen and oxygen atoms in total. The summed E-state index contributed by atoms with van der Waals surface area (Å²) in [7, 11) is 0. The van der Waals surface area contributed by atoms with Crippen LogP contribution in [-0.4, -0.2) is 32.2 Å². The minimum Gasteiger partial charge on any atom is -0.393 e. The molecule has 0 amide bonds. The first kappa shape index (κ1) is 20.7. The Balaban J connectivity index is 1.36. The van der Waals surface area contributed by atoms with Crippen LogP contribution in [0.1, 0.15) is 70.4 Å². The summed E-state index contributed by atoms with van der Waals surface area (Å²) in [6.45, 7) is 4.92. The number of benzene rings is 1. The van der Waals surface area contributed by atoms with E-state index < -0.39 is 0 Å². The van der Waals surface area contributed by atoms with Gasteiger partial charge in [-0.05, 0) is 91.7 Å². The maximum atomic E-state index is 11.5. The number of fused-ring (bicyclic) bond motifs is 5. The second-order valence-corrected chi connectivity index (χ2v) is 11.5. The first-order valence-corrected chi connectivity index (χ1v) is 12.6. The van der Waals surface area contributed by atoms with Gasteiger partial charge in [0.15, 0.2) is 0 Å². The predicted octanol–water partition coefficient (Wildman–Crippen LogP) is 5.25. The van der Waals surface area contributed by atoms with Crippen molar-refractivity contribution in [2.24, 2.45) is 28.6 Å². The van der Waals surface area contributed by atoms with Crippen LogP contribution in [0.4, 0.5) is 0 Å². The summed E-state index contributed by atoms with van der Waals surface area (Å²) in [4.78, 5) is 0. The van der Waals surface area contributed by atoms with Crippen LogP contribution in [-0.2, 0) is 0 Å². The fourth-order valence-corrected chi connectivity index (χ4v) is 8.52. The van der Waals surface area contributed by atoms with Gasteiger partial charge in [0.1, 0.15) is 0 Å². The van der Waals surface area contributed by atoms with Crippen LogP contribution in [0.5, 0.6) is 0 Å². The van der Waals surface area contributed by atoms with E-state index in [0.29, 0.717) is 17.8 Å². The molecule has 0 radical (unpaired) electrons. The number of nitrogens with zero attached hydrogens (tertiary/aromatic N) is 2. The molecule has 3 fully saturated rings. The van der Waals surface area contributed by atoms with Crippen molar-refractivity contribution in [3.05, 3.63) is 59.9 Å². The van der Waals surface area contributed by atoms with E-state index in [9.17, 15) is 10.2 Å². The highest BCUT2D eigenvalue weighted by atomic mass is 16.3. The lowest BCUT2D eigenvalue weighted by atomic mass is 9.47. The van der Waals surface area contributed by atoms with Gasteiger partial charge in [-0.15, -0.1) is 0 Å². The van der Waals surface area contributed by atoms with E-state index in [1.165, 1.54) is 12.0 Å². The smallest absolute Gasteiger partial charge is 0.0648 e. The number of aliphatic hydroxyl groups excluding tert-OH is 2. The molecule has 1 unspecified atom stereocenters. The summed E-state index contributed by atoms with van der Waals surface area (Å²) in [5.41, 5.74) is 4.06. The minimum absolute atomic E-state index is 0.0863. The average Bonchev–Trinajstić information content (AvgIpc) is 3.35. The lowest BCUT2D eigenvalue weighted by molar-refractivity contribution is -0.0417. The Morgan fingerprint density at radius 2 is 1.81 bits per heavy atom. The first-order chi connectivity index (χ1) is 15.4. The van der Waals surface area contributed by atoms with Gasteiger partial charge in [0, 0.05) is 12.1 Å². The summed E-state index contributed by atoms with van der Waals surface area (Å²) in [5.74, 6) is 1.95. The normalized spacial score (nSPS) is 43.2. The van der Waals surface area contributed by atoms with Crippen LogP contribution in [0.15, 0.2) is 54.2 Å². The van der Waals surface area contributed by atoms with Crippen molar-refractivity contribution in [2.75, 3.05) is 0 Å². The number of hydrogen-bond donors (Lipinski definition) is 2. The molecule has 8 atom stereocenters. The summed E-state index contributed by atoms with van der Waals surface area (Å²) in [5, 5.41) is 26.4. The summed E-state index contributed by atoms with van der Waals surface area (Å²) >= 11 is 0. The van der Waals surface area contributed by atoms with Crippen LogP contribution in [0.2, 0.25) is 0 Å². The van der Waals surface area contributed by atoms with Gasteiger partial charge in [0.2, 0.25) is 0 Å². The van der Waals surface area contributed by atoms with Gasteiger partial charge in [-0.25, -0.2) is 4.68 Å². The number of hydrogen-bond acceptors (Lipinski definition) is 3. The molecule has 6 rings (SSSR count). The third-order valence-electron chi connectivity index (χ3n) is 10.1. The van der Waals surface area contributed by atoms with E-state index in [2.05, 4.69) is 60.0 Å². The zero-order valence-electron chi connectivity index (χ0n) is 19.3. The number of aliphatic hydroxyl groups is 2. The number of rotatable bonds is 2. The van der Waals surface area contributed by atoms with E-state index in [0.717, 1.165) is 49.9 Å². The summed E-state index contributed by atoms with van der Waals surface area (Å²) < 4.78 is 2.05. The van der Waals surface area contributed by atoms with Crippen LogP contribution >= 0.6 is 0 Å². The zero-order chi connectivity index (χ0) is 22.1. The van der Waals surface area contributed by atoms with Gasteiger partial charge in [-0.1, -0.05) is 43.7 Å². The van der Waals surface area contributed by atoms with Crippen molar-refractivity contribution < 1.29 is 10.2 Å². The van der Waals surface area contributed by atoms with E-state index >= 15 is 0 Å². The van der Waals surface area contributed by atoms with Crippen molar-refractivity contribution in [3.63, 3.8) is 0 Å². The second kappa shape index (κ2) is 7.30. The molecule has 2 N–H and O–H groups in total. The zero-order valence-corrected chi connectivity index (χ0v) is 19.3. The molecule has 0 bridgehead atoms. The number of aromatic nitrogens is 2. The van der Waals surface area contributed by atoms with Gasteiger partial charge in [-0.3, -0.25) is 0 Å². The second-order valence-electron chi connectivity index (χ2n) is 11.5. The Labute approximate surface area is 191 Å². The highest BCUT2D eigenvalue weighted by Crippen LogP contribution is 2.68. The summed E-state index contributed by atoms with van der Waals surface area (Å²) in [6, 6.07) is 12.5. The number of allylic oxidation sites excluding steroid dienone is 1. The van der Waals surface area contributed by atoms with Crippen LogP contribution in [0, 0.1) is 28.6 Å². The molecule has 4 heteroatoms. The molecular formula is C28H36N2O2.